The Balaban J connectivity index is 2.50. The molecule has 3 N–H and O–H groups in total. The average Bonchev–Trinajstić information content (AvgIpc) is 2.65. The molecule has 0 aromatic carbocycles. The Morgan fingerprint density at radius 1 is 1.69 bits per heavy atom. The number of nitro groups is 1. The molecular formula is C9H13N3O3S. The van der Waals surface area contributed by atoms with Gasteiger partial charge in [-0.05, 0) is 19.4 Å². The first-order chi connectivity index (χ1) is 7.50. The molecule has 0 bridgehead atoms. The van der Waals surface area contributed by atoms with E-state index in [-0.39, 0.29) is 17.0 Å². The van der Waals surface area contributed by atoms with Crippen LogP contribution in [-0.2, 0) is 0 Å². The molecule has 1 aromatic heterocycles. The zero-order valence-electron chi connectivity index (χ0n) is 8.80. The summed E-state index contributed by atoms with van der Waals surface area (Å²) in [6.07, 6.45) is 0.680. The molecule has 0 radical (unpaired) electrons. The van der Waals surface area contributed by atoms with Gasteiger partial charge in [0.1, 0.15) is 0 Å². The number of rotatable bonds is 5. The third kappa shape index (κ3) is 3.59. The van der Waals surface area contributed by atoms with Gasteiger partial charge in [0.05, 0.1) is 9.80 Å². The van der Waals surface area contributed by atoms with Gasteiger partial charge < -0.3 is 11.1 Å². The van der Waals surface area contributed by atoms with E-state index < -0.39 is 4.92 Å². The number of nitrogens with zero attached hydrogens (tertiary/aromatic N) is 1. The molecule has 6 nitrogen and oxygen atoms in total. The van der Waals surface area contributed by atoms with Crippen molar-refractivity contribution in [3.8, 4) is 0 Å². The molecule has 7 heteroatoms. The van der Waals surface area contributed by atoms with E-state index in [4.69, 9.17) is 5.73 Å². The number of nitrogens with two attached hydrogens (primary N) is 1. The van der Waals surface area contributed by atoms with Gasteiger partial charge in [0, 0.05) is 18.7 Å². The summed E-state index contributed by atoms with van der Waals surface area (Å²) in [6.45, 7) is 2.32. The van der Waals surface area contributed by atoms with E-state index >= 15 is 0 Å². The SMILES string of the molecule is CC(N)CCNC(=O)c1ccc([N+](=O)[O-])s1. The van der Waals surface area contributed by atoms with Crippen LogP contribution < -0.4 is 11.1 Å². The Bertz CT molecular complexity index is 389. The lowest BCUT2D eigenvalue weighted by Crippen LogP contribution is -2.28. The molecule has 1 rings (SSSR count). The highest BCUT2D eigenvalue weighted by Gasteiger charge is 2.14. The predicted molar refractivity (Wildman–Crippen MR) is 61.6 cm³/mol. The first-order valence-corrected chi connectivity index (χ1v) is 5.60. The first kappa shape index (κ1) is 12.6. The van der Waals surface area contributed by atoms with Gasteiger partial charge in [-0.3, -0.25) is 14.9 Å². The van der Waals surface area contributed by atoms with Crippen LogP contribution in [0.2, 0.25) is 0 Å². The number of carbonyl (C=O) groups is 1. The fraction of sp³-hybridized carbons (Fsp3) is 0.444. The molecule has 1 aromatic rings. The van der Waals surface area contributed by atoms with Crippen LogP contribution in [0.1, 0.15) is 23.0 Å². The van der Waals surface area contributed by atoms with Gasteiger partial charge in [-0.2, -0.15) is 0 Å². The Hall–Kier alpha value is -1.47. The lowest BCUT2D eigenvalue weighted by atomic mass is 10.2. The van der Waals surface area contributed by atoms with Crippen molar-refractivity contribution >= 4 is 22.2 Å². The topological polar surface area (TPSA) is 98.3 Å². The minimum absolute atomic E-state index is 0.0259. The summed E-state index contributed by atoms with van der Waals surface area (Å²) in [5.74, 6) is -0.293. The van der Waals surface area contributed by atoms with Gasteiger partial charge in [0.2, 0.25) is 0 Å². The van der Waals surface area contributed by atoms with Crippen LogP contribution >= 0.6 is 11.3 Å². The smallest absolute Gasteiger partial charge is 0.324 e. The monoisotopic (exact) mass is 243 g/mol. The van der Waals surface area contributed by atoms with Crippen LogP contribution in [0.3, 0.4) is 0 Å². The molecule has 1 atom stereocenters. The number of thiophene rings is 1. The molecule has 0 saturated heterocycles. The molecule has 0 fully saturated rings. The number of carbonyl (C=O) groups excluding carboxylic acids is 1. The lowest BCUT2D eigenvalue weighted by Gasteiger charge is -2.05. The zero-order valence-corrected chi connectivity index (χ0v) is 9.62. The van der Waals surface area contributed by atoms with Crippen LogP contribution in [0.15, 0.2) is 12.1 Å². The quantitative estimate of drug-likeness (QED) is 0.598. The van der Waals surface area contributed by atoms with E-state index in [2.05, 4.69) is 5.32 Å². The Morgan fingerprint density at radius 2 is 2.38 bits per heavy atom. The van der Waals surface area contributed by atoms with Crippen molar-refractivity contribution in [2.24, 2.45) is 5.73 Å². The summed E-state index contributed by atoms with van der Waals surface area (Å²) in [5.41, 5.74) is 5.52. The maximum absolute atomic E-state index is 11.5. The molecule has 1 heterocycles. The van der Waals surface area contributed by atoms with Crippen LogP contribution in [-0.4, -0.2) is 23.4 Å². The second kappa shape index (κ2) is 5.57. The lowest BCUT2D eigenvalue weighted by molar-refractivity contribution is -0.380. The standard InChI is InChI=1S/C9H13N3O3S/c1-6(10)4-5-11-9(13)7-2-3-8(16-7)12(14)15/h2-3,6H,4-5,10H2,1H3,(H,11,13). The second-order valence-electron chi connectivity index (χ2n) is 3.42. The average molecular weight is 243 g/mol. The van der Waals surface area contributed by atoms with Crippen LogP contribution in [0, 0.1) is 10.1 Å². The van der Waals surface area contributed by atoms with Crippen molar-refractivity contribution in [3.63, 3.8) is 0 Å². The Labute approximate surface area is 96.6 Å². The van der Waals surface area contributed by atoms with Gasteiger partial charge in [-0.1, -0.05) is 11.3 Å². The Kier molecular flexibility index (Phi) is 4.39. The molecule has 1 unspecified atom stereocenters. The van der Waals surface area contributed by atoms with Crippen LogP contribution in [0.4, 0.5) is 5.00 Å². The summed E-state index contributed by atoms with van der Waals surface area (Å²) in [6, 6.07) is 2.80. The van der Waals surface area contributed by atoms with E-state index in [9.17, 15) is 14.9 Å². The number of amides is 1. The van der Waals surface area contributed by atoms with E-state index in [1.807, 2.05) is 6.92 Å². The van der Waals surface area contributed by atoms with E-state index in [1.54, 1.807) is 0 Å². The van der Waals surface area contributed by atoms with Gasteiger partial charge in [-0.25, -0.2) is 0 Å². The maximum atomic E-state index is 11.5. The van der Waals surface area contributed by atoms with Gasteiger partial charge in [0.15, 0.2) is 0 Å². The van der Waals surface area contributed by atoms with Crippen molar-refractivity contribution < 1.29 is 9.72 Å². The molecule has 88 valence electrons. The van der Waals surface area contributed by atoms with Crippen molar-refractivity contribution in [3.05, 3.63) is 27.1 Å². The van der Waals surface area contributed by atoms with Crippen LogP contribution in [0.25, 0.3) is 0 Å². The van der Waals surface area contributed by atoms with Crippen molar-refractivity contribution in [2.45, 2.75) is 19.4 Å². The summed E-state index contributed by atoms with van der Waals surface area (Å²) in [7, 11) is 0. The number of hydrogen-bond acceptors (Lipinski definition) is 5. The largest absolute Gasteiger partial charge is 0.351 e. The van der Waals surface area contributed by atoms with E-state index in [1.165, 1.54) is 12.1 Å². The highest BCUT2D eigenvalue weighted by molar-refractivity contribution is 7.17. The summed E-state index contributed by atoms with van der Waals surface area (Å²) >= 11 is 0.866. The minimum Gasteiger partial charge on any atom is -0.351 e. The fourth-order valence-electron chi connectivity index (χ4n) is 1.05. The summed E-state index contributed by atoms with van der Waals surface area (Å²) < 4.78 is 0. The molecule has 0 aliphatic heterocycles. The highest BCUT2D eigenvalue weighted by Crippen LogP contribution is 2.23. The third-order valence-corrected chi connectivity index (χ3v) is 2.92. The normalized spacial score (nSPS) is 12.1. The van der Waals surface area contributed by atoms with Crippen molar-refractivity contribution in [1.82, 2.24) is 5.32 Å². The molecule has 0 aliphatic rings. The number of nitrogens with one attached hydrogen (secondary N) is 1. The van der Waals surface area contributed by atoms with Crippen molar-refractivity contribution in [1.29, 1.82) is 0 Å². The molecule has 0 aliphatic carbocycles. The van der Waals surface area contributed by atoms with Crippen LogP contribution in [0.5, 0.6) is 0 Å². The Morgan fingerprint density at radius 3 is 2.88 bits per heavy atom. The molecule has 0 spiro atoms. The van der Waals surface area contributed by atoms with E-state index in [0.29, 0.717) is 17.8 Å². The molecular weight excluding hydrogens is 230 g/mol. The molecule has 16 heavy (non-hydrogen) atoms. The summed E-state index contributed by atoms with van der Waals surface area (Å²) in [5, 5.41) is 13.0. The van der Waals surface area contributed by atoms with Gasteiger partial charge in [-0.15, -0.1) is 0 Å². The third-order valence-electron chi connectivity index (χ3n) is 1.88. The van der Waals surface area contributed by atoms with Gasteiger partial charge in [0.25, 0.3) is 5.91 Å². The molecule has 0 saturated carbocycles. The maximum Gasteiger partial charge on any atom is 0.324 e. The highest BCUT2D eigenvalue weighted by atomic mass is 32.1. The first-order valence-electron chi connectivity index (χ1n) is 4.78. The number of hydrogen-bond donors (Lipinski definition) is 2. The summed E-state index contributed by atoms with van der Waals surface area (Å²) in [4.78, 5) is 21.7. The predicted octanol–water partition coefficient (Wildman–Crippen LogP) is 1.12. The molecule has 1 amide bonds. The minimum atomic E-state index is -0.511. The fourth-order valence-corrected chi connectivity index (χ4v) is 1.79. The van der Waals surface area contributed by atoms with E-state index in [0.717, 1.165) is 11.3 Å². The zero-order chi connectivity index (χ0) is 12.1. The second-order valence-corrected chi connectivity index (χ2v) is 4.48. The van der Waals surface area contributed by atoms with Crippen molar-refractivity contribution in [2.75, 3.05) is 6.54 Å². The van der Waals surface area contributed by atoms with Gasteiger partial charge >= 0.3 is 5.00 Å².